The molecule has 0 bridgehead atoms. The van der Waals surface area contributed by atoms with Crippen LogP contribution in [0.3, 0.4) is 0 Å². The molecule has 0 unspecified atom stereocenters. The summed E-state index contributed by atoms with van der Waals surface area (Å²) in [6.07, 6.45) is 6.39. The molecule has 0 heterocycles. The zero-order valence-electron chi connectivity index (χ0n) is 13.5. The second kappa shape index (κ2) is 10.2. The van der Waals surface area contributed by atoms with E-state index in [1.807, 2.05) is 12.2 Å². The standard InChI is InChI=1S/C17H34N2/c1-7-11-19(12-8-2)15-17(9-3,10-4)14-18-13-16(5)6/h7-8,16,18H,1-2,9-15H2,3-6H3. The lowest BCUT2D eigenvalue weighted by Crippen LogP contribution is -2.44. The van der Waals surface area contributed by atoms with Gasteiger partial charge in [0.05, 0.1) is 0 Å². The summed E-state index contributed by atoms with van der Waals surface area (Å²) in [7, 11) is 0. The van der Waals surface area contributed by atoms with Crippen LogP contribution in [0.15, 0.2) is 25.3 Å². The quantitative estimate of drug-likeness (QED) is 0.542. The molecule has 0 rings (SSSR count). The second-order valence-corrected chi connectivity index (χ2v) is 6.00. The van der Waals surface area contributed by atoms with Gasteiger partial charge < -0.3 is 5.32 Å². The summed E-state index contributed by atoms with van der Waals surface area (Å²) in [6.45, 7) is 22.0. The molecule has 0 aromatic rings. The van der Waals surface area contributed by atoms with Crippen molar-refractivity contribution in [2.45, 2.75) is 40.5 Å². The summed E-state index contributed by atoms with van der Waals surface area (Å²) in [5.41, 5.74) is 0.362. The number of rotatable bonds is 12. The lowest BCUT2D eigenvalue weighted by atomic mass is 9.81. The van der Waals surface area contributed by atoms with E-state index in [1.54, 1.807) is 0 Å². The minimum absolute atomic E-state index is 0.362. The summed E-state index contributed by atoms with van der Waals surface area (Å²) in [5.74, 6) is 0.712. The van der Waals surface area contributed by atoms with E-state index >= 15 is 0 Å². The van der Waals surface area contributed by atoms with E-state index in [1.165, 1.54) is 12.8 Å². The van der Waals surface area contributed by atoms with Gasteiger partial charge in [-0.3, -0.25) is 4.90 Å². The molecule has 2 nitrogen and oxygen atoms in total. The van der Waals surface area contributed by atoms with Crippen molar-refractivity contribution in [3.63, 3.8) is 0 Å². The number of nitrogens with one attached hydrogen (secondary N) is 1. The van der Waals surface area contributed by atoms with Gasteiger partial charge in [0.25, 0.3) is 0 Å². The molecule has 0 aliphatic heterocycles. The Balaban J connectivity index is 4.55. The molecule has 112 valence electrons. The maximum atomic E-state index is 3.86. The molecule has 0 saturated heterocycles. The third-order valence-electron chi connectivity index (χ3n) is 3.89. The van der Waals surface area contributed by atoms with Crippen LogP contribution in [0.2, 0.25) is 0 Å². The predicted molar refractivity (Wildman–Crippen MR) is 87.6 cm³/mol. The molecule has 0 saturated carbocycles. The third-order valence-corrected chi connectivity index (χ3v) is 3.89. The van der Waals surface area contributed by atoms with Gasteiger partial charge in [0.2, 0.25) is 0 Å². The van der Waals surface area contributed by atoms with Crippen LogP contribution in [0.4, 0.5) is 0 Å². The minimum Gasteiger partial charge on any atom is -0.316 e. The van der Waals surface area contributed by atoms with Crippen LogP contribution in [0.25, 0.3) is 0 Å². The molecule has 0 spiro atoms. The van der Waals surface area contributed by atoms with Crippen LogP contribution in [0.1, 0.15) is 40.5 Å². The number of nitrogens with zero attached hydrogens (tertiary/aromatic N) is 1. The van der Waals surface area contributed by atoms with Gasteiger partial charge in [-0.25, -0.2) is 0 Å². The normalized spacial score (nSPS) is 12.1. The monoisotopic (exact) mass is 266 g/mol. The molecule has 1 N–H and O–H groups in total. The molecule has 0 fully saturated rings. The van der Waals surface area contributed by atoms with Crippen molar-refractivity contribution in [3.05, 3.63) is 25.3 Å². The molecule has 0 aromatic carbocycles. The zero-order valence-corrected chi connectivity index (χ0v) is 13.5. The smallest absolute Gasteiger partial charge is 0.0164 e. The second-order valence-electron chi connectivity index (χ2n) is 6.00. The molecule has 0 atom stereocenters. The van der Waals surface area contributed by atoms with Crippen molar-refractivity contribution >= 4 is 0 Å². The fourth-order valence-corrected chi connectivity index (χ4v) is 2.45. The first-order valence-electron chi connectivity index (χ1n) is 7.68. The van der Waals surface area contributed by atoms with Gasteiger partial charge in [-0.15, -0.1) is 13.2 Å². The Bertz CT molecular complexity index is 232. The molecular weight excluding hydrogens is 232 g/mol. The minimum atomic E-state index is 0.362. The number of hydrogen-bond acceptors (Lipinski definition) is 2. The molecule has 2 heteroatoms. The highest BCUT2D eigenvalue weighted by Crippen LogP contribution is 2.27. The molecule has 19 heavy (non-hydrogen) atoms. The van der Waals surface area contributed by atoms with E-state index in [4.69, 9.17) is 0 Å². The highest BCUT2D eigenvalue weighted by atomic mass is 15.1. The lowest BCUT2D eigenvalue weighted by Gasteiger charge is -2.37. The Kier molecular flexibility index (Phi) is 9.90. The van der Waals surface area contributed by atoms with Gasteiger partial charge in [-0.2, -0.15) is 0 Å². The summed E-state index contributed by atoms with van der Waals surface area (Å²) < 4.78 is 0. The van der Waals surface area contributed by atoms with Crippen LogP contribution in [0.5, 0.6) is 0 Å². The Morgan fingerprint density at radius 2 is 1.63 bits per heavy atom. The van der Waals surface area contributed by atoms with Crippen LogP contribution in [-0.2, 0) is 0 Å². The summed E-state index contributed by atoms with van der Waals surface area (Å²) >= 11 is 0. The Morgan fingerprint density at radius 1 is 1.11 bits per heavy atom. The highest BCUT2D eigenvalue weighted by Gasteiger charge is 2.27. The van der Waals surface area contributed by atoms with E-state index in [-0.39, 0.29) is 0 Å². The molecule has 0 aromatic heterocycles. The van der Waals surface area contributed by atoms with Crippen LogP contribution < -0.4 is 5.32 Å². The van der Waals surface area contributed by atoms with E-state index in [0.717, 1.165) is 32.7 Å². The van der Waals surface area contributed by atoms with Crippen molar-refractivity contribution in [1.82, 2.24) is 10.2 Å². The Labute approximate surface area is 121 Å². The summed E-state index contributed by atoms with van der Waals surface area (Å²) in [6, 6.07) is 0. The first-order valence-corrected chi connectivity index (χ1v) is 7.68. The van der Waals surface area contributed by atoms with E-state index in [0.29, 0.717) is 11.3 Å². The third kappa shape index (κ3) is 7.54. The van der Waals surface area contributed by atoms with Gasteiger partial charge in [-0.05, 0) is 30.7 Å². The van der Waals surface area contributed by atoms with Gasteiger partial charge in [-0.1, -0.05) is 39.8 Å². The first kappa shape index (κ1) is 18.4. The van der Waals surface area contributed by atoms with Gasteiger partial charge in [0, 0.05) is 26.2 Å². The summed E-state index contributed by atoms with van der Waals surface area (Å²) in [4.78, 5) is 2.43. The maximum absolute atomic E-state index is 3.86. The first-order chi connectivity index (χ1) is 9.03. The van der Waals surface area contributed by atoms with E-state index in [2.05, 4.69) is 51.1 Å². The topological polar surface area (TPSA) is 15.3 Å². The van der Waals surface area contributed by atoms with Crippen molar-refractivity contribution in [2.24, 2.45) is 11.3 Å². The average Bonchev–Trinajstić information content (AvgIpc) is 2.37. The molecule has 0 amide bonds. The molecule has 0 radical (unpaired) electrons. The molecular formula is C17H34N2. The predicted octanol–water partition coefficient (Wildman–Crippen LogP) is 3.71. The van der Waals surface area contributed by atoms with Crippen molar-refractivity contribution in [3.8, 4) is 0 Å². The highest BCUT2D eigenvalue weighted by molar-refractivity contribution is 4.88. The fraction of sp³-hybridized carbons (Fsp3) is 0.765. The molecule has 0 aliphatic rings. The fourth-order valence-electron chi connectivity index (χ4n) is 2.45. The van der Waals surface area contributed by atoms with Crippen molar-refractivity contribution in [2.75, 3.05) is 32.7 Å². The Morgan fingerprint density at radius 3 is 2.00 bits per heavy atom. The largest absolute Gasteiger partial charge is 0.316 e. The van der Waals surface area contributed by atoms with Gasteiger partial charge in [0.1, 0.15) is 0 Å². The average molecular weight is 266 g/mol. The lowest BCUT2D eigenvalue weighted by molar-refractivity contribution is 0.152. The number of hydrogen-bond donors (Lipinski definition) is 1. The summed E-state index contributed by atoms with van der Waals surface area (Å²) in [5, 5.41) is 3.64. The van der Waals surface area contributed by atoms with Crippen LogP contribution in [0, 0.1) is 11.3 Å². The van der Waals surface area contributed by atoms with E-state index < -0.39 is 0 Å². The van der Waals surface area contributed by atoms with Crippen LogP contribution in [-0.4, -0.2) is 37.6 Å². The van der Waals surface area contributed by atoms with Gasteiger partial charge >= 0.3 is 0 Å². The SMILES string of the molecule is C=CCN(CC=C)CC(CC)(CC)CNCC(C)C. The van der Waals surface area contributed by atoms with Crippen molar-refractivity contribution < 1.29 is 0 Å². The molecule has 0 aliphatic carbocycles. The van der Waals surface area contributed by atoms with Crippen molar-refractivity contribution in [1.29, 1.82) is 0 Å². The zero-order chi connectivity index (χ0) is 14.7. The Hall–Kier alpha value is -0.600. The maximum Gasteiger partial charge on any atom is 0.0164 e. The van der Waals surface area contributed by atoms with Gasteiger partial charge in [0.15, 0.2) is 0 Å². The van der Waals surface area contributed by atoms with Crippen LogP contribution >= 0.6 is 0 Å². The van der Waals surface area contributed by atoms with E-state index in [9.17, 15) is 0 Å².